The summed E-state index contributed by atoms with van der Waals surface area (Å²) < 4.78 is 7.43. The molecule has 4 nitrogen and oxygen atoms in total. The molecule has 92 valence electrons. The second kappa shape index (κ2) is 3.99. The van der Waals surface area contributed by atoms with E-state index in [-0.39, 0.29) is 0 Å². The lowest BCUT2D eigenvalue weighted by Crippen LogP contribution is -2.05. The summed E-state index contributed by atoms with van der Waals surface area (Å²) in [5.41, 5.74) is 10.9. The highest BCUT2D eigenvalue weighted by atomic mass is 16.3. The fourth-order valence-corrected chi connectivity index (χ4v) is 2.46. The van der Waals surface area contributed by atoms with Crippen molar-refractivity contribution < 1.29 is 4.42 Å². The summed E-state index contributed by atoms with van der Waals surface area (Å²) in [4.78, 5) is 0. The van der Waals surface area contributed by atoms with E-state index in [0.29, 0.717) is 6.54 Å². The summed E-state index contributed by atoms with van der Waals surface area (Å²) in [7, 11) is 1.92. The Morgan fingerprint density at radius 2 is 2.11 bits per heavy atom. The molecule has 18 heavy (non-hydrogen) atoms. The van der Waals surface area contributed by atoms with Gasteiger partial charge >= 0.3 is 0 Å². The van der Waals surface area contributed by atoms with Gasteiger partial charge in [0.05, 0.1) is 17.7 Å². The van der Waals surface area contributed by atoms with Crippen LogP contribution in [0.15, 0.2) is 34.9 Å². The molecular formula is C14H15N3O. The van der Waals surface area contributed by atoms with Crippen LogP contribution in [0.3, 0.4) is 0 Å². The minimum absolute atomic E-state index is 0.464. The first-order chi connectivity index (χ1) is 8.72. The summed E-state index contributed by atoms with van der Waals surface area (Å²) >= 11 is 0. The summed E-state index contributed by atoms with van der Waals surface area (Å²) in [6, 6.07) is 8.00. The topological polar surface area (TPSA) is 57.0 Å². The smallest absolute Gasteiger partial charge is 0.134 e. The van der Waals surface area contributed by atoms with Crippen molar-refractivity contribution >= 4 is 11.0 Å². The Hall–Kier alpha value is -2.07. The van der Waals surface area contributed by atoms with Crippen LogP contribution in [0.1, 0.15) is 11.4 Å². The van der Waals surface area contributed by atoms with E-state index in [9.17, 15) is 0 Å². The zero-order chi connectivity index (χ0) is 12.7. The first-order valence-electron chi connectivity index (χ1n) is 5.91. The Labute approximate surface area is 105 Å². The van der Waals surface area contributed by atoms with Crippen molar-refractivity contribution in [3.63, 3.8) is 0 Å². The molecule has 0 amide bonds. The number of aryl methyl sites for hydroxylation is 2. The maximum absolute atomic E-state index is 5.82. The molecule has 4 heteroatoms. The molecule has 2 N–H and O–H groups in total. The van der Waals surface area contributed by atoms with E-state index in [2.05, 4.69) is 11.2 Å². The Morgan fingerprint density at radius 1 is 1.33 bits per heavy atom. The van der Waals surface area contributed by atoms with Crippen molar-refractivity contribution in [2.24, 2.45) is 12.8 Å². The molecule has 0 unspecified atom stereocenters. The van der Waals surface area contributed by atoms with Gasteiger partial charge in [-0.05, 0) is 13.0 Å². The maximum Gasteiger partial charge on any atom is 0.134 e. The lowest BCUT2D eigenvalue weighted by molar-refractivity contribution is 0.617. The molecule has 0 aliphatic heterocycles. The highest BCUT2D eigenvalue weighted by Gasteiger charge is 2.17. The normalized spacial score (nSPS) is 11.3. The van der Waals surface area contributed by atoms with Gasteiger partial charge in [0.1, 0.15) is 5.58 Å². The fraction of sp³-hybridized carbons (Fsp3) is 0.214. The van der Waals surface area contributed by atoms with Crippen LogP contribution in [0.4, 0.5) is 0 Å². The van der Waals surface area contributed by atoms with Gasteiger partial charge in [-0.25, -0.2) is 0 Å². The Bertz CT molecular complexity index is 709. The van der Waals surface area contributed by atoms with Crippen molar-refractivity contribution in [1.29, 1.82) is 0 Å². The van der Waals surface area contributed by atoms with Crippen LogP contribution >= 0.6 is 0 Å². The number of hydrogen-bond acceptors (Lipinski definition) is 3. The Kier molecular flexibility index (Phi) is 2.45. The quantitative estimate of drug-likeness (QED) is 0.750. The van der Waals surface area contributed by atoms with Gasteiger partial charge in [-0.15, -0.1) is 0 Å². The minimum atomic E-state index is 0.464. The summed E-state index contributed by atoms with van der Waals surface area (Å²) in [5, 5.41) is 5.54. The molecule has 0 saturated heterocycles. The van der Waals surface area contributed by atoms with Gasteiger partial charge in [-0.2, -0.15) is 5.10 Å². The molecule has 3 rings (SSSR count). The number of rotatable bonds is 2. The SMILES string of the molecule is Cc1nn(C)c(CN)c1-c1coc2ccccc12. The second-order valence-corrected chi connectivity index (χ2v) is 4.38. The Balaban J connectivity index is 2.33. The van der Waals surface area contributed by atoms with Crippen LogP contribution < -0.4 is 5.73 Å². The minimum Gasteiger partial charge on any atom is -0.464 e. The number of furan rings is 1. The first kappa shape index (κ1) is 11.0. The van der Waals surface area contributed by atoms with Gasteiger partial charge in [0.25, 0.3) is 0 Å². The largest absolute Gasteiger partial charge is 0.464 e. The van der Waals surface area contributed by atoms with E-state index >= 15 is 0 Å². The molecule has 2 heterocycles. The van der Waals surface area contributed by atoms with Crippen LogP contribution in [0.5, 0.6) is 0 Å². The Morgan fingerprint density at radius 3 is 2.89 bits per heavy atom. The van der Waals surface area contributed by atoms with Crippen LogP contribution in [0.25, 0.3) is 22.1 Å². The molecule has 2 aromatic heterocycles. The average molecular weight is 241 g/mol. The van der Waals surface area contributed by atoms with Crippen molar-refractivity contribution in [3.05, 3.63) is 41.9 Å². The van der Waals surface area contributed by atoms with E-state index in [1.165, 1.54) is 0 Å². The zero-order valence-electron chi connectivity index (χ0n) is 10.5. The lowest BCUT2D eigenvalue weighted by Gasteiger charge is -2.02. The van der Waals surface area contributed by atoms with Crippen molar-refractivity contribution in [2.75, 3.05) is 0 Å². The van der Waals surface area contributed by atoms with Crippen molar-refractivity contribution in [3.8, 4) is 11.1 Å². The standard InChI is InChI=1S/C14H15N3O/c1-9-14(12(7-15)17(2)16-9)11-8-18-13-6-4-3-5-10(11)13/h3-6,8H,7,15H2,1-2H3. The molecule has 0 aliphatic rings. The molecule has 1 aromatic carbocycles. The summed E-state index contributed by atoms with van der Waals surface area (Å²) in [6.45, 7) is 2.46. The predicted octanol–water partition coefficient (Wildman–Crippen LogP) is 2.60. The highest BCUT2D eigenvalue weighted by molar-refractivity contribution is 5.95. The molecule has 0 bridgehead atoms. The van der Waals surface area contributed by atoms with Crippen molar-refractivity contribution in [1.82, 2.24) is 9.78 Å². The lowest BCUT2D eigenvalue weighted by atomic mass is 10.0. The third-order valence-corrected chi connectivity index (χ3v) is 3.28. The molecular weight excluding hydrogens is 226 g/mol. The van der Waals surface area contributed by atoms with E-state index in [1.54, 1.807) is 6.26 Å². The van der Waals surface area contributed by atoms with E-state index in [0.717, 1.165) is 33.5 Å². The van der Waals surface area contributed by atoms with Crippen LogP contribution in [-0.2, 0) is 13.6 Å². The first-order valence-corrected chi connectivity index (χ1v) is 5.91. The van der Waals surface area contributed by atoms with Crippen LogP contribution in [-0.4, -0.2) is 9.78 Å². The van der Waals surface area contributed by atoms with Gasteiger partial charge in [-0.1, -0.05) is 18.2 Å². The average Bonchev–Trinajstić information content (AvgIpc) is 2.89. The molecule has 0 saturated carbocycles. The van der Waals surface area contributed by atoms with E-state index in [1.807, 2.05) is 36.9 Å². The molecule has 0 fully saturated rings. The van der Waals surface area contributed by atoms with E-state index < -0.39 is 0 Å². The number of para-hydroxylation sites is 1. The van der Waals surface area contributed by atoms with Crippen LogP contribution in [0.2, 0.25) is 0 Å². The number of hydrogen-bond donors (Lipinski definition) is 1. The monoisotopic (exact) mass is 241 g/mol. The predicted molar refractivity (Wildman–Crippen MR) is 71.0 cm³/mol. The molecule has 3 aromatic rings. The molecule has 0 aliphatic carbocycles. The van der Waals surface area contributed by atoms with Crippen molar-refractivity contribution in [2.45, 2.75) is 13.5 Å². The number of aromatic nitrogens is 2. The fourth-order valence-electron chi connectivity index (χ4n) is 2.46. The molecule has 0 spiro atoms. The number of nitrogens with zero attached hydrogens (tertiary/aromatic N) is 2. The van der Waals surface area contributed by atoms with Gasteiger partial charge in [0.2, 0.25) is 0 Å². The number of benzene rings is 1. The van der Waals surface area contributed by atoms with Gasteiger partial charge in [0.15, 0.2) is 0 Å². The summed E-state index contributed by atoms with van der Waals surface area (Å²) in [6.07, 6.45) is 1.79. The second-order valence-electron chi connectivity index (χ2n) is 4.38. The van der Waals surface area contributed by atoms with Gasteiger partial charge in [0, 0.05) is 30.1 Å². The third kappa shape index (κ3) is 1.46. The third-order valence-electron chi connectivity index (χ3n) is 3.28. The zero-order valence-corrected chi connectivity index (χ0v) is 10.5. The highest BCUT2D eigenvalue weighted by Crippen LogP contribution is 2.34. The van der Waals surface area contributed by atoms with Gasteiger partial charge in [-0.3, -0.25) is 4.68 Å². The number of nitrogens with two attached hydrogens (primary N) is 1. The maximum atomic E-state index is 5.82. The molecule has 0 atom stereocenters. The van der Waals surface area contributed by atoms with Gasteiger partial charge < -0.3 is 10.2 Å². The number of fused-ring (bicyclic) bond motifs is 1. The summed E-state index contributed by atoms with van der Waals surface area (Å²) in [5.74, 6) is 0. The molecule has 0 radical (unpaired) electrons. The van der Waals surface area contributed by atoms with E-state index in [4.69, 9.17) is 10.2 Å². The van der Waals surface area contributed by atoms with Crippen LogP contribution in [0, 0.1) is 6.92 Å².